The van der Waals surface area contributed by atoms with Crippen molar-refractivity contribution in [1.29, 1.82) is 0 Å². The fourth-order valence-electron chi connectivity index (χ4n) is 2.33. The summed E-state index contributed by atoms with van der Waals surface area (Å²) in [5.74, 6) is 0.126. The Hall–Kier alpha value is -2.11. The van der Waals surface area contributed by atoms with Crippen LogP contribution in [-0.2, 0) is 11.3 Å². The average Bonchev–Trinajstić information content (AvgIpc) is 2.82. The summed E-state index contributed by atoms with van der Waals surface area (Å²) in [6.45, 7) is 3.90. The minimum atomic E-state index is -0.382. The third kappa shape index (κ3) is 3.26. The van der Waals surface area contributed by atoms with Gasteiger partial charge in [-0.3, -0.25) is 14.9 Å². The van der Waals surface area contributed by atoms with E-state index in [0.29, 0.717) is 25.2 Å². The number of carbonyl (C=O) groups excluding carboxylic acids is 1. The number of nitro groups is 1. The molecule has 1 amide bonds. The summed E-state index contributed by atoms with van der Waals surface area (Å²) in [6.07, 6.45) is 2.36. The molecule has 1 saturated heterocycles. The Morgan fingerprint density at radius 2 is 2.25 bits per heavy atom. The van der Waals surface area contributed by atoms with Crippen LogP contribution in [0.5, 0.6) is 0 Å². The zero-order valence-electron chi connectivity index (χ0n) is 11.6. The maximum atomic E-state index is 11.6. The fourth-order valence-corrected chi connectivity index (χ4v) is 2.33. The lowest BCUT2D eigenvalue weighted by Crippen LogP contribution is -2.23. The third-order valence-corrected chi connectivity index (χ3v) is 3.37. The SMILES string of the molecule is CCCNc1ccc(CN2CCCC2=O)cc1[N+](=O)[O-]. The van der Waals surface area contributed by atoms with E-state index in [-0.39, 0.29) is 16.5 Å². The van der Waals surface area contributed by atoms with Gasteiger partial charge in [-0.05, 0) is 24.5 Å². The highest BCUT2D eigenvalue weighted by Crippen LogP contribution is 2.26. The Balaban J connectivity index is 2.16. The van der Waals surface area contributed by atoms with Gasteiger partial charge in [0.1, 0.15) is 5.69 Å². The van der Waals surface area contributed by atoms with Crippen molar-refractivity contribution in [1.82, 2.24) is 4.90 Å². The highest BCUT2D eigenvalue weighted by atomic mass is 16.6. The van der Waals surface area contributed by atoms with Gasteiger partial charge in [-0.1, -0.05) is 13.0 Å². The van der Waals surface area contributed by atoms with Gasteiger partial charge in [0.2, 0.25) is 5.91 Å². The van der Waals surface area contributed by atoms with E-state index in [1.807, 2.05) is 13.0 Å². The number of nitro benzene ring substituents is 1. The van der Waals surface area contributed by atoms with Crippen LogP contribution < -0.4 is 5.32 Å². The monoisotopic (exact) mass is 277 g/mol. The summed E-state index contributed by atoms with van der Waals surface area (Å²) >= 11 is 0. The van der Waals surface area contributed by atoms with E-state index in [9.17, 15) is 14.9 Å². The molecule has 1 aromatic carbocycles. The van der Waals surface area contributed by atoms with Crippen LogP contribution >= 0.6 is 0 Å². The lowest BCUT2D eigenvalue weighted by Gasteiger charge is -2.16. The molecule has 1 aromatic rings. The number of hydrogen-bond acceptors (Lipinski definition) is 4. The Bertz CT molecular complexity index is 516. The van der Waals surface area contributed by atoms with Gasteiger partial charge in [-0.15, -0.1) is 0 Å². The first-order chi connectivity index (χ1) is 9.61. The number of hydrogen-bond donors (Lipinski definition) is 1. The Labute approximate surface area is 117 Å². The molecule has 0 radical (unpaired) electrons. The molecule has 0 atom stereocenters. The second-order valence-electron chi connectivity index (χ2n) is 4.95. The molecule has 2 rings (SSSR count). The molecule has 1 aliphatic heterocycles. The number of carbonyl (C=O) groups is 1. The standard InChI is InChI=1S/C14H19N3O3/c1-2-7-15-12-6-5-11(9-13(12)17(19)20)10-16-8-3-4-14(16)18/h5-6,9,15H,2-4,7-8,10H2,1H3. The summed E-state index contributed by atoms with van der Waals surface area (Å²) in [6, 6.07) is 5.13. The first kappa shape index (κ1) is 14.3. The number of likely N-dealkylation sites (tertiary alicyclic amines) is 1. The van der Waals surface area contributed by atoms with Crippen molar-refractivity contribution < 1.29 is 9.72 Å². The summed E-state index contributed by atoms with van der Waals surface area (Å²) in [5, 5.41) is 14.2. The molecule has 0 spiro atoms. The summed E-state index contributed by atoms with van der Waals surface area (Å²) < 4.78 is 0. The van der Waals surface area contributed by atoms with Crippen molar-refractivity contribution in [3.8, 4) is 0 Å². The second kappa shape index (κ2) is 6.36. The van der Waals surface area contributed by atoms with E-state index in [0.717, 1.165) is 24.9 Å². The molecule has 0 unspecified atom stereocenters. The number of nitrogens with zero attached hydrogens (tertiary/aromatic N) is 2. The average molecular weight is 277 g/mol. The zero-order valence-corrected chi connectivity index (χ0v) is 11.6. The van der Waals surface area contributed by atoms with E-state index < -0.39 is 0 Å². The molecule has 1 fully saturated rings. The Morgan fingerprint density at radius 3 is 2.85 bits per heavy atom. The van der Waals surface area contributed by atoms with Crippen LogP contribution in [0.25, 0.3) is 0 Å². The van der Waals surface area contributed by atoms with Crippen molar-refractivity contribution in [2.24, 2.45) is 0 Å². The lowest BCUT2D eigenvalue weighted by molar-refractivity contribution is -0.384. The minimum absolute atomic E-state index is 0.0718. The third-order valence-electron chi connectivity index (χ3n) is 3.37. The van der Waals surface area contributed by atoms with Gasteiger partial charge < -0.3 is 10.2 Å². The highest BCUT2D eigenvalue weighted by molar-refractivity contribution is 5.78. The predicted octanol–water partition coefficient (Wildman–Crippen LogP) is 2.54. The van der Waals surface area contributed by atoms with Crippen LogP contribution in [0.4, 0.5) is 11.4 Å². The maximum Gasteiger partial charge on any atom is 0.292 e. The maximum absolute atomic E-state index is 11.6. The van der Waals surface area contributed by atoms with E-state index in [4.69, 9.17) is 0 Å². The number of anilines is 1. The number of rotatable bonds is 6. The smallest absolute Gasteiger partial charge is 0.292 e. The zero-order chi connectivity index (χ0) is 14.5. The van der Waals surface area contributed by atoms with Gasteiger partial charge in [0.05, 0.1) is 4.92 Å². The van der Waals surface area contributed by atoms with Gasteiger partial charge in [0.25, 0.3) is 5.69 Å². The molecule has 1 heterocycles. The van der Waals surface area contributed by atoms with Gasteiger partial charge in [0.15, 0.2) is 0 Å². The van der Waals surface area contributed by atoms with Gasteiger partial charge in [0, 0.05) is 32.1 Å². The molecule has 1 N–H and O–H groups in total. The summed E-state index contributed by atoms with van der Waals surface area (Å²) in [4.78, 5) is 24.1. The Morgan fingerprint density at radius 1 is 1.45 bits per heavy atom. The van der Waals surface area contributed by atoms with Crippen molar-refractivity contribution >= 4 is 17.3 Å². The first-order valence-corrected chi connectivity index (χ1v) is 6.90. The van der Waals surface area contributed by atoms with Crippen molar-refractivity contribution in [3.05, 3.63) is 33.9 Å². The summed E-state index contributed by atoms with van der Waals surface area (Å²) in [7, 11) is 0. The molecule has 0 aliphatic carbocycles. The van der Waals surface area contributed by atoms with Gasteiger partial charge >= 0.3 is 0 Å². The molecular weight excluding hydrogens is 258 g/mol. The fraction of sp³-hybridized carbons (Fsp3) is 0.500. The predicted molar refractivity (Wildman–Crippen MR) is 76.5 cm³/mol. The first-order valence-electron chi connectivity index (χ1n) is 6.90. The second-order valence-corrected chi connectivity index (χ2v) is 4.95. The largest absolute Gasteiger partial charge is 0.380 e. The van der Waals surface area contributed by atoms with E-state index in [1.165, 1.54) is 0 Å². The Kier molecular flexibility index (Phi) is 4.55. The minimum Gasteiger partial charge on any atom is -0.380 e. The van der Waals surface area contributed by atoms with Crippen molar-refractivity contribution in [2.75, 3.05) is 18.4 Å². The van der Waals surface area contributed by atoms with Crippen molar-refractivity contribution in [2.45, 2.75) is 32.7 Å². The van der Waals surface area contributed by atoms with Crippen LogP contribution in [0.3, 0.4) is 0 Å². The van der Waals surface area contributed by atoms with Crippen LogP contribution in [-0.4, -0.2) is 28.8 Å². The lowest BCUT2D eigenvalue weighted by atomic mass is 10.1. The molecule has 0 saturated carbocycles. The number of amides is 1. The van der Waals surface area contributed by atoms with Crippen LogP contribution in [0.2, 0.25) is 0 Å². The molecule has 6 heteroatoms. The van der Waals surface area contributed by atoms with E-state index in [1.54, 1.807) is 17.0 Å². The van der Waals surface area contributed by atoms with Crippen LogP contribution in [0.1, 0.15) is 31.7 Å². The molecule has 1 aliphatic rings. The quantitative estimate of drug-likeness (QED) is 0.640. The topological polar surface area (TPSA) is 75.5 Å². The van der Waals surface area contributed by atoms with E-state index >= 15 is 0 Å². The highest BCUT2D eigenvalue weighted by Gasteiger charge is 2.21. The van der Waals surface area contributed by atoms with Gasteiger partial charge in [-0.25, -0.2) is 0 Å². The summed E-state index contributed by atoms with van der Waals surface area (Å²) in [5.41, 5.74) is 1.41. The van der Waals surface area contributed by atoms with Crippen molar-refractivity contribution in [3.63, 3.8) is 0 Å². The molecular formula is C14H19N3O3. The number of benzene rings is 1. The van der Waals surface area contributed by atoms with Crippen LogP contribution in [0, 0.1) is 10.1 Å². The molecule has 20 heavy (non-hydrogen) atoms. The molecule has 0 bridgehead atoms. The molecule has 6 nitrogen and oxygen atoms in total. The van der Waals surface area contributed by atoms with Crippen LogP contribution in [0.15, 0.2) is 18.2 Å². The normalized spacial score (nSPS) is 14.7. The number of nitrogens with one attached hydrogen (secondary N) is 1. The molecule has 0 aromatic heterocycles. The molecule has 108 valence electrons. The van der Waals surface area contributed by atoms with E-state index in [2.05, 4.69) is 5.32 Å². The van der Waals surface area contributed by atoms with Gasteiger partial charge in [-0.2, -0.15) is 0 Å².